The Morgan fingerprint density at radius 1 is 1.40 bits per heavy atom. The van der Waals surface area contributed by atoms with Crippen molar-refractivity contribution in [3.63, 3.8) is 0 Å². The van der Waals surface area contributed by atoms with Crippen molar-refractivity contribution in [1.82, 2.24) is 20.1 Å². The fraction of sp³-hybridized carbons (Fsp3) is 0.467. The number of nitrogens with one attached hydrogen (secondary N) is 1. The Kier molecular flexibility index (Phi) is 3.53. The van der Waals surface area contributed by atoms with Crippen LogP contribution >= 0.6 is 0 Å². The van der Waals surface area contributed by atoms with Crippen molar-refractivity contribution < 1.29 is 4.39 Å². The van der Waals surface area contributed by atoms with Gasteiger partial charge >= 0.3 is 0 Å². The molecule has 0 atom stereocenters. The fourth-order valence-electron chi connectivity index (χ4n) is 2.80. The summed E-state index contributed by atoms with van der Waals surface area (Å²) < 4.78 is 15.4. The number of halogens is 1. The van der Waals surface area contributed by atoms with Crippen molar-refractivity contribution in [2.45, 2.75) is 31.7 Å². The summed E-state index contributed by atoms with van der Waals surface area (Å²) in [7, 11) is 0. The molecule has 1 aromatic carbocycles. The number of benzene rings is 1. The number of hydrogen-bond acceptors (Lipinski definition) is 3. The summed E-state index contributed by atoms with van der Waals surface area (Å²) in [5.41, 5.74) is 0.989. The molecule has 0 spiro atoms. The lowest BCUT2D eigenvalue weighted by Gasteiger charge is -2.43. The molecule has 0 bridgehead atoms. The Morgan fingerprint density at radius 3 is 2.90 bits per heavy atom. The summed E-state index contributed by atoms with van der Waals surface area (Å²) in [5, 5.41) is 7.57. The van der Waals surface area contributed by atoms with Crippen LogP contribution in [0.3, 0.4) is 0 Å². The van der Waals surface area contributed by atoms with Crippen molar-refractivity contribution in [3.05, 3.63) is 47.8 Å². The van der Waals surface area contributed by atoms with Gasteiger partial charge in [0.2, 0.25) is 0 Å². The van der Waals surface area contributed by atoms with Crippen LogP contribution in [0.1, 0.15) is 24.7 Å². The van der Waals surface area contributed by atoms with Crippen LogP contribution in [-0.4, -0.2) is 27.9 Å². The zero-order chi connectivity index (χ0) is 14.0. The number of nitrogens with zero attached hydrogens (tertiary/aromatic N) is 3. The van der Waals surface area contributed by atoms with Crippen LogP contribution in [-0.2, 0) is 18.4 Å². The highest BCUT2D eigenvalue weighted by atomic mass is 19.1. The Labute approximate surface area is 118 Å². The molecule has 1 aromatic heterocycles. The molecular weight excluding hydrogens is 255 g/mol. The number of aromatic nitrogens is 3. The van der Waals surface area contributed by atoms with E-state index in [0.717, 1.165) is 43.9 Å². The zero-order valence-electron chi connectivity index (χ0n) is 11.6. The van der Waals surface area contributed by atoms with Crippen LogP contribution in [0.5, 0.6) is 0 Å². The molecule has 106 valence electrons. The molecule has 2 aromatic rings. The van der Waals surface area contributed by atoms with Crippen molar-refractivity contribution in [2.75, 3.05) is 13.1 Å². The van der Waals surface area contributed by atoms with E-state index in [9.17, 15) is 4.39 Å². The van der Waals surface area contributed by atoms with E-state index in [2.05, 4.69) is 22.3 Å². The van der Waals surface area contributed by atoms with Gasteiger partial charge in [-0.05, 0) is 24.1 Å². The van der Waals surface area contributed by atoms with Gasteiger partial charge < -0.3 is 5.32 Å². The summed E-state index contributed by atoms with van der Waals surface area (Å²) in [6, 6.07) is 6.91. The van der Waals surface area contributed by atoms with Gasteiger partial charge in [0.15, 0.2) is 0 Å². The summed E-state index contributed by atoms with van der Waals surface area (Å²) in [5.74, 6) is 0.807. The Morgan fingerprint density at radius 2 is 2.25 bits per heavy atom. The summed E-state index contributed by atoms with van der Waals surface area (Å²) in [6.07, 6.45) is 3.43. The maximum absolute atomic E-state index is 13.5. The smallest absolute Gasteiger partial charge is 0.138 e. The first-order valence-electron chi connectivity index (χ1n) is 7.07. The van der Waals surface area contributed by atoms with Gasteiger partial charge in [-0.1, -0.05) is 19.1 Å². The van der Waals surface area contributed by atoms with Gasteiger partial charge in [-0.3, -0.25) is 4.68 Å². The Bertz CT molecular complexity index is 589. The van der Waals surface area contributed by atoms with Crippen molar-refractivity contribution >= 4 is 0 Å². The minimum atomic E-state index is -0.177. The topological polar surface area (TPSA) is 42.7 Å². The predicted octanol–water partition coefficient (Wildman–Crippen LogP) is 1.91. The van der Waals surface area contributed by atoms with Crippen LogP contribution < -0.4 is 5.32 Å². The van der Waals surface area contributed by atoms with Gasteiger partial charge in [-0.2, -0.15) is 5.10 Å². The highest BCUT2D eigenvalue weighted by Gasteiger charge is 2.40. The Balaban J connectivity index is 1.88. The van der Waals surface area contributed by atoms with Gasteiger partial charge in [0.05, 0.1) is 0 Å². The minimum absolute atomic E-state index is 0.0549. The standard InChI is InChI=1S/C15H19FN4/c1-2-6-20-14(18-11-19-20)8-15(9-17-10-15)12-4-3-5-13(16)7-12/h3-5,7,11,17H,2,6,8-10H2,1H3. The van der Waals surface area contributed by atoms with Gasteiger partial charge in [0, 0.05) is 31.5 Å². The molecule has 1 N–H and O–H groups in total. The van der Waals surface area contributed by atoms with Crippen LogP contribution in [0.15, 0.2) is 30.6 Å². The lowest BCUT2D eigenvalue weighted by molar-refractivity contribution is 0.265. The van der Waals surface area contributed by atoms with Gasteiger partial charge in [-0.15, -0.1) is 0 Å². The van der Waals surface area contributed by atoms with E-state index < -0.39 is 0 Å². The second-order valence-electron chi connectivity index (χ2n) is 5.47. The molecule has 1 saturated heterocycles. The second kappa shape index (κ2) is 5.32. The zero-order valence-corrected chi connectivity index (χ0v) is 11.6. The summed E-state index contributed by atoms with van der Waals surface area (Å²) >= 11 is 0. The van der Waals surface area contributed by atoms with E-state index in [-0.39, 0.29) is 11.2 Å². The first-order valence-corrected chi connectivity index (χ1v) is 7.07. The molecule has 2 heterocycles. The molecule has 0 unspecified atom stereocenters. The molecule has 0 amide bonds. The first kappa shape index (κ1) is 13.2. The molecule has 5 heteroatoms. The molecule has 1 fully saturated rings. The average Bonchev–Trinajstić information content (AvgIpc) is 2.81. The van der Waals surface area contributed by atoms with Crippen molar-refractivity contribution in [1.29, 1.82) is 0 Å². The van der Waals surface area contributed by atoms with E-state index in [1.54, 1.807) is 18.5 Å². The molecule has 20 heavy (non-hydrogen) atoms. The maximum Gasteiger partial charge on any atom is 0.138 e. The van der Waals surface area contributed by atoms with Crippen LogP contribution in [0.2, 0.25) is 0 Å². The molecule has 4 nitrogen and oxygen atoms in total. The summed E-state index contributed by atoms with van der Waals surface area (Å²) in [6.45, 7) is 4.71. The average molecular weight is 274 g/mol. The van der Waals surface area contributed by atoms with E-state index in [0.29, 0.717) is 0 Å². The van der Waals surface area contributed by atoms with E-state index in [1.807, 2.05) is 10.7 Å². The fourth-order valence-corrected chi connectivity index (χ4v) is 2.80. The summed E-state index contributed by atoms with van der Waals surface area (Å²) in [4.78, 5) is 4.38. The monoisotopic (exact) mass is 274 g/mol. The first-order chi connectivity index (χ1) is 9.73. The molecule has 1 aliphatic heterocycles. The van der Waals surface area contributed by atoms with Crippen LogP contribution in [0.4, 0.5) is 4.39 Å². The normalized spacial score (nSPS) is 16.9. The lowest BCUT2D eigenvalue weighted by atomic mass is 9.72. The maximum atomic E-state index is 13.5. The van der Waals surface area contributed by atoms with Crippen molar-refractivity contribution in [2.24, 2.45) is 0 Å². The second-order valence-corrected chi connectivity index (χ2v) is 5.47. The number of rotatable bonds is 5. The van der Waals surface area contributed by atoms with Crippen molar-refractivity contribution in [3.8, 4) is 0 Å². The highest BCUT2D eigenvalue weighted by Crippen LogP contribution is 2.32. The lowest BCUT2D eigenvalue weighted by Crippen LogP contribution is -2.58. The molecular formula is C15H19FN4. The SMILES string of the molecule is CCCn1ncnc1CC1(c2cccc(F)c2)CNC1. The largest absolute Gasteiger partial charge is 0.315 e. The van der Waals surface area contributed by atoms with Gasteiger partial charge in [0.25, 0.3) is 0 Å². The Hall–Kier alpha value is -1.75. The molecule has 0 aliphatic carbocycles. The number of aryl methyl sites for hydroxylation is 1. The molecule has 3 rings (SSSR count). The van der Waals surface area contributed by atoms with Crippen LogP contribution in [0.25, 0.3) is 0 Å². The van der Waals surface area contributed by atoms with E-state index in [4.69, 9.17) is 0 Å². The highest BCUT2D eigenvalue weighted by molar-refractivity contribution is 5.31. The third kappa shape index (κ3) is 2.33. The third-order valence-corrected chi connectivity index (χ3v) is 3.99. The molecule has 1 aliphatic rings. The van der Waals surface area contributed by atoms with E-state index in [1.165, 1.54) is 6.07 Å². The molecule has 0 radical (unpaired) electrons. The van der Waals surface area contributed by atoms with Crippen LogP contribution in [0, 0.1) is 5.82 Å². The van der Waals surface area contributed by atoms with E-state index >= 15 is 0 Å². The quantitative estimate of drug-likeness (QED) is 0.905. The minimum Gasteiger partial charge on any atom is -0.315 e. The van der Waals surface area contributed by atoms with Gasteiger partial charge in [0.1, 0.15) is 18.0 Å². The number of hydrogen-bond donors (Lipinski definition) is 1. The third-order valence-electron chi connectivity index (χ3n) is 3.99. The molecule has 0 saturated carbocycles. The van der Waals surface area contributed by atoms with Gasteiger partial charge in [-0.25, -0.2) is 9.37 Å². The predicted molar refractivity (Wildman–Crippen MR) is 75.0 cm³/mol.